The summed E-state index contributed by atoms with van der Waals surface area (Å²) in [4.78, 5) is 44.9. The van der Waals surface area contributed by atoms with E-state index in [0.717, 1.165) is 16.6 Å². The van der Waals surface area contributed by atoms with Crippen molar-refractivity contribution in [2.45, 2.75) is 37.0 Å². The van der Waals surface area contributed by atoms with Crippen LogP contribution in [0.15, 0.2) is 28.1 Å². The Kier molecular flexibility index (Phi) is 11.0. The average molecular weight is 515 g/mol. The van der Waals surface area contributed by atoms with Crippen LogP contribution in [0.2, 0.25) is 0 Å². The lowest BCUT2D eigenvalue weighted by atomic mass is 9.91. The molecule has 1 saturated carbocycles. The van der Waals surface area contributed by atoms with E-state index in [1.165, 1.54) is 55.9 Å². The van der Waals surface area contributed by atoms with Gasteiger partial charge in [-0.1, -0.05) is 31.0 Å². The predicted molar refractivity (Wildman–Crippen MR) is 138 cm³/mol. The summed E-state index contributed by atoms with van der Waals surface area (Å²) in [5, 5.41) is 3.18. The number of hydrogen-bond acceptors (Lipinski definition) is 7. The van der Waals surface area contributed by atoms with Crippen molar-refractivity contribution in [3.63, 3.8) is 0 Å². The van der Waals surface area contributed by atoms with Gasteiger partial charge in [-0.25, -0.2) is 4.79 Å². The van der Waals surface area contributed by atoms with Crippen LogP contribution in [0, 0.1) is 5.92 Å². The van der Waals surface area contributed by atoms with Gasteiger partial charge in [-0.2, -0.15) is 4.99 Å². The highest BCUT2D eigenvalue weighted by atomic mass is 35.5. The van der Waals surface area contributed by atoms with E-state index in [1.54, 1.807) is 16.7 Å². The summed E-state index contributed by atoms with van der Waals surface area (Å²) in [6.45, 7) is 0.213. The van der Waals surface area contributed by atoms with Crippen molar-refractivity contribution in [3.05, 3.63) is 18.2 Å². The fraction of sp³-hybridized carbons (Fsp3) is 0.545. The van der Waals surface area contributed by atoms with Gasteiger partial charge >= 0.3 is 6.09 Å². The predicted octanol–water partition coefficient (Wildman–Crippen LogP) is 4.48. The Morgan fingerprint density at radius 3 is 2.67 bits per heavy atom. The number of nitrogens with zero attached hydrogens (tertiary/aromatic N) is 3. The maximum Gasteiger partial charge on any atom is 0.435 e. The molecule has 3 amide bonds. The number of amides is 3. The van der Waals surface area contributed by atoms with Crippen LogP contribution in [0.5, 0.6) is 0 Å². The van der Waals surface area contributed by atoms with Crippen LogP contribution in [0.4, 0.5) is 16.2 Å². The van der Waals surface area contributed by atoms with E-state index < -0.39 is 6.09 Å². The van der Waals surface area contributed by atoms with E-state index in [2.05, 4.69) is 15.0 Å². The Bertz CT molecular complexity index is 891. The number of carbonyl (C=O) groups is 3. The summed E-state index contributed by atoms with van der Waals surface area (Å²) >= 11 is 2.94. The normalized spacial score (nSPS) is 17.9. The first-order valence-corrected chi connectivity index (χ1v) is 12.7. The highest BCUT2D eigenvalue weighted by Crippen LogP contribution is 2.37. The number of carbonyl (C=O) groups excluding carboxylic acids is 3. The number of benzene rings is 1. The largest absolute Gasteiger partial charge is 0.451 e. The van der Waals surface area contributed by atoms with Crippen molar-refractivity contribution in [3.8, 4) is 0 Å². The van der Waals surface area contributed by atoms with Gasteiger partial charge in [0.2, 0.25) is 11.8 Å². The molecule has 2 aliphatic rings. The Morgan fingerprint density at radius 1 is 1.27 bits per heavy atom. The molecule has 0 bridgehead atoms. The Hall–Kier alpha value is -1.75. The zero-order chi connectivity index (χ0) is 23.1. The Labute approximate surface area is 209 Å². The first-order chi connectivity index (χ1) is 15.4. The molecule has 3 rings (SSSR count). The highest BCUT2D eigenvalue weighted by molar-refractivity contribution is 8.15. The number of amidine groups is 1. The standard InChI is InChI=1S/C22H30N4O4S2.ClH/c1-25(2)12-19(27)23-17-11-16(31-13-15-7-5-4-6-8-15)9-10-18(17)26-20(28)14-32-21(26)24-22(29)30-3;/h9-11,15H,4-8,12-14H2,1-3H3,(H,23,27);1H/b24-21+;. The topological polar surface area (TPSA) is 91.3 Å². The third kappa shape index (κ3) is 7.91. The van der Waals surface area contributed by atoms with E-state index in [1.807, 2.05) is 32.3 Å². The number of thioether (sulfide) groups is 2. The quantitative estimate of drug-likeness (QED) is 0.536. The fourth-order valence-corrected chi connectivity index (χ4v) is 5.73. The van der Waals surface area contributed by atoms with Crippen molar-refractivity contribution in [1.82, 2.24) is 4.90 Å². The molecule has 1 saturated heterocycles. The van der Waals surface area contributed by atoms with Gasteiger partial charge in [0.25, 0.3) is 0 Å². The second-order valence-corrected chi connectivity index (χ2v) is 10.2. The van der Waals surface area contributed by atoms with E-state index in [4.69, 9.17) is 0 Å². The minimum atomic E-state index is -0.773. The smallest absolute Gasteiger partial charge is 0.435 e. The third-order valence-corrected chi connectivity index (χ3v) is 7.43. The summed E-state index contributed by atoms with van der Waals surface area (Å²) in [5.41, 5.74) is 1.02. The summed E-state index contributed by atoms with van der Waals surface area (Å²) in [6, 6.07) is 5.67. The molecule has 0 spiro atoms. The first-order valence-electron chi connectivity index (χ1n) is 10.7. The van der Waals surface area contributed by atoms with Gasteiger partial charge < -0.3 is 15.0 Å². The fourth-order valence-electron chi connectivity index (χ4n) is 3.75. The van der Waals surface area contributed by atoms with Crippen LogP contribution in [0.1, 0.15) is 32.1 Å². The van der Waals surface area contributed by atoms with Crippen LogP contribution < -0.4 is 10.2 Å². The van der Waals surface area contributed by atoms with Crippen molar-refractivity contribution in [2.24, 2.45) is 10.9 Å². The zero-order valence-electron chi connectivity index (χ0n) is 19.2. The first kappa shape index (κ1) is 27.5. The number of halogens is 1. The molecule has 1 heterocycles. The van der Waals surface area contributed by atoms with E-state index in [0.29, 0.717) is 11.4 Å². The second-order valence-electron chi connectivity index (χ2n) is 8.16. The molecule has 1 aromatic rings. The van der Waals surface area contributed by atoms with Gasteiger partial charge in [-0.3, -0.25) is 14.5 Å². The summed E-state index contributed by atoms with van der Waals surface area (Å²) in [5.74, 6) is 1.53. The lowest BCUT2D eigenvalue weighted by Gasteiger charge is -2.23. The number of methoxy groups -OCH3 is 1. The number of nitrogens with one attached hydrogen (secondary N) is 1. The molecule has 0 radical (unpaired) electrons. The number of likely N-dealkylation sites (N-methyl/N-ethyl adjacent to an activating group) is 1. The molecule has 0 unspecified atom stereocenters. The van der Waals surface area contributed by atoms with Crippen LogP contribution in [-0.2, 0) is 14.3 Å². The van der Waals surface area contributed by atoms with Gasteiger partial charge in [0.05, 0.1) is 30.8 Å². The Morgan fingerprint density at radius 2 is 2.00 bits per heavy atom. The minimum absolute atomic E-state index is 0. The molecular weight excluding hydrogens is 484 g/mol. The van der Waals surface area contributed by atoms with Crippen LogP contribution in [0.25, 0.3) is 0 Å². The molecule has 1 aliphatic carbocycles. The van der Waals surface area contributed by atoms with Gasteiger partial charge in [0.15, 0.2) is 5.17 Å². The molecule has 11 heteroatoms. The monoisotopic (exact) mass is 514 g/mol. The van der Waals surface area contributed by atoms with Gasteiger partial charge in [0, 0.05) is 10.6 Å². The van der Waals surface area contributed by atoms with E-state index in [-0.39, 0.29) is 41.7 Å². The summed E-state index contributed by atoms with van der Waals surface area (Å²) in [6.07, 6.45) is 5.69. The summed E-state index contributed by atoms with van der Waals surface area (Å²) in [7, 11) is 4.88. The molecule has 1 N–H and O–H groups in total. The number of rotatable bonds is 7. The van der Waals surface area contributed by atoms with Gasteiger partial charge in [-0.15, -0.1) is 24.2 Å². The number of ether oxygens (including phenoxy) is 1. The SMILES string of the molecule is COC(=O)/N=C1/SCC(=O)N1c1ccc(SCC2CCCCC2)cc1NC(=O)CN(C)C.Cl. The van der Waals surface area contributed by atoms with Gasteiger partial charge in [-0.05, 0) is 51.1 Å². The van der Waals surface area contributed by atoms with Crippen molar-refractivity contribution >= 4 is 70.4 Å². The van der Waals surface area contributed by atoms with E-state index >= 15 is 0 Å². The van der Waals surface area contributed by atoms with Crippen LogP contribution in [0.3, 0.4) is 0 Å². The summed E-state index contributed by atoms with van der Waals surface area (Å²) < 4.78 is 4.62. The van der Waals surface area contributed by atoms with Crippen molar-refractivity contribution in [2.75, 3.05) is 49.5 Å². The number of aliphatic imine (C=N–C) groups is 1. The lowest BCUT2D eigenvalue weighted by molar-refractivity contribution is -0.117. The van der Waals surface area contributed by atoms with E-state index in [9.17, 15) is 14.4 Å². The molecule has 1 aromatic carbocycles. The maximum absolute atomic E-state index is 12.6. The molecule has 2 fully saturated rings. The van der Waals surface area contributed by atoms with Gasteiger partial charge in [0.1, 0.15) is 0 Å². The number of hydrogen-bond donors (Lipinski definition) is 1. The maximum atomic E-state index is 12.6. The molecule has 0 aromatic heterocycles. The highest BCUT2D eigenvalue weighted by Gasteiger charge is 2.32. The molecule has 33 heavy (non-hydrogen) atoms. The zero-order valence-corrected chi connectivity index (χ0v) is 21.6. The number of anilines is 2. The lowest BCUT2D eigenvalue weighted by Crippen LogP contribution is -2.32. The van der Waals surface area contributed by atoms with Crippen LogP contribution in [-0.4, -0.2) is 67.2 Å². The average Bonchev–Trinajstić information content (AvgIpc) is 3.12. The van der Waals surface area contributed by atoms with Crippen LogP contribution >= 0.6 is 35.9 Å². The van der Waals surface area contributed by atoms with Crippen molar-refractivity contribution < 1.29 is 19.1 Å². The molecular formula is C22H31ClN4O4S2. The Balaban J connectivity index is 0.00000385. The molecule has 1 aliphatic heterocycles. The molecule has 182 valence electrons. The molecule has 8 nitrogen and oxygen atoms in total. The van der Waals surface area contributed by atoms with Crippen molar-refractivity contribution in [1.29, 1.82) is 0 Å². The second kappa shape index (κ2) is 13.2. The molecule has 0 atom stereocenters. The minimum Gasteiger partial charge on any atom is -0.451 e. The third-order valence-electron chi connectivity index (χ3n) is 5.28.